The van der Waals surface area contributed by atoms with E-state index in [9.17, 15) is 10.2 Å². The summed E-state index contributed by atoms with van der Waals surface area (Å²) in [4.78, 5) is 0. The second-order valence-electron chi connectivity index (χ2n) is 7.91. The van der Waals surface area contributed by atoms with Crippen molar-refractivity contribution in [1.82, 2.24) is 0 Å². The fraction of sp³-hybridized carbons (Fsp3) is 0.684. The van der Waals surface area contributed by atoms with Gasteiger partial charge in [0.1, 0.15) is 0 Å². The molecule has 0 bridgehead atoms. The number of hydrogen-bond acceptors (Lipinski definition) is 3. The Morgan fingerprint density at radius 2 is 1.57 bits per heavy atom. The first-order valence-electron chi connectivity index (χ1n) is 8.67. The Morgan fingerprint density at radius 3 is 2.13 bits per heavy atom. The zero-order valence-electron chi connectivity index (χ0n) is 15.4. The van der Waals surface area contributed by atoms with Crippen LogP contribution in [0.15, 0.2) is 30.3 Å². The molecule has 0 heterocycles. The standard InChI is InChI=1S/C19H34O3Si/c1-19(2,3)23(4,5)22-15-14-18(21)17(20)13-9-12-16-10-7-6-8-11-16/h6-8,10-11,17-18,20-21H,9,12-15H2,1-5H3/t17-,18-/m0/s1. The fourth-order valence-corrected chi connectivity index (χ4v) is 3.26. The molecule has 0 saturated carbocycles. The van der Waals surface area contributed by atoms with Gasteiger partial charge in [-0.2, -0.15) is 0 Å². The van der Waals surface area contributed by atoms with Crippen molar-refractivity contribution in [3.8, 4) is 0 Å². The first-order chi connectivity index (χ1) is 10.6. The molecule has 1 aromatic rings. The Bertz CT molecular complexity index is 440. The van der Waals surface area contributed by atoms with Gasteiger partial charge in [-0.3, -0.25) is 0 Å². The van der Waals surface area contributed by atoms with Crippen LogP contribution in [0.1, 0.15) is 45.6 Å². The van der Waals surface area contributed by atoms with E-state index in [-0.39, 0.29) is 5.04 Å². The van der Waals surface area contributed by atoms with E-state index >= 15 is 0 Å². The van der Waals surface area contributed by atoms with Crippen molar-refractivity contribution in [3.63, 3.8) is 0 Å². The summed E-state index contributed by atoms with van der Waals surface area (Å²) >= 11 is 0. The van der Waals surface area contributed by atoms with Crippen LogP contribution >= 0.6 is 0 Å². The molecular weight excluding hydrogens is 304 g/mol. The highest BCUT2D eigenvalue weighted by atomic mass is 28.4. The summed E-state index contributed by atoms with van der Waals surface area (Å²) in [5, 5.41) is 20.4. The largest absolute Gasteiger partial charge is 0.417 e. The predicted molar refractivity (Wildman–Crippen MR) is 99.2 cm³/mol. The van der Waals surface area contributed by atoms with E-state index in [0.29, 0.717) is 19.4 Å². The second kappa shape index (κ2) is 8.97. The molecule has 0 unspecified atom stereocenters. The highest BCUT2D eigenvalue weighted by Gasteiger charge is 2.37. The molecule has 2 N–H and O–H groups in total. The van der Waals surface area contributed by atoms with Gasteiger partial charge >= 0.3 is 0 Å². The van der Waals surface area contributed by atoms with Gasteiger partial charge in [0, 0.05) is 6.61 Å². The van der Waals surface area contributed by atoms with Crippen LogP contribution in [0.5, 0.6) is 0 Å². The van der Waals surface area contributed by atoms with Crippen LogP contribution in [0.25, 0.3) is 0 Å². The van der Waals surface area contributed by atoms with Crippen LogP contribution in [0.4, 0.5) is 0 Å². The molecule has 0 spiro atoms. The number of benzene rings is 1. The predicted octanol–water partition coefficient (Wildman–Crippen LogP) is 4.14. The van der Waals surface area contributed by atoms with E-state index in [4.69, 9.17) is 4.43 Å². The lowest BCUT2D eigenvalue weighted by molar-refractivity contribution is 0.00118. The first-order valence-corrected chi connectivity index (χ1v) is 11.6. The summed E-state index contributed by atoms with van der Waals surface area (Å²) in [5.74, 6) is 0. The van der Waals surface area contributed by atoms with E-state index in [1.807, 2.05) is 18.2 Å². The maximum absolute atomic E-state index is 10.1. The number of aliphatic hydroxyl groups is 2. The molecule has 0 aromatic heterocycles. The summed E-state index contributed by atoms with van der Waals surface area (Å²) in [6.07, 6.45) is 1.57. The second-order valence-corrected chi connectivity index (χ2v) is 12.7. The summed E-state index contributed by atoms with van der Waals surface area (Å²) < 4.78 is 6.06. The van der Waals surface area contributed by atoms with Gasteiger partial charge in [-0.15, -0.1) is 0 Å². The number of hydrogen-bond donors (Lipinski definition) is 2. The van der Waals surface area contributed by atoms with Crippen molar-refractivity contribution in [3.05, 3.63) is 35.9 Å². The summed E-state index contributed by atoms with van der Waals surface area (Å²) in [6, 6.07) is 10.2. The molecular formula is C19H34O3Si. The molecule has 0 saturated heterocycles. The lowest BCUT2D eigenvalue weighted by atomic mass is 10.0. The van der Waals surface area contributed by atoms with Gasteiger partial charge in [0.15, 0.2) is 8.32 Å². The Labute approximate surface area is 142 Å². The first kappa shape index (κ1) is 20.4. The van der Waals surface area contributed by atoms with Crippen LogP contribution in [-0.4, -0.2) is 37.3 Å². The van der Waals surface area contributed by atoms with E-state index in [1.165, 1.54) is 5.56 Å². The van der Waals surface area contributed by atoms with Crippen LogP contribution < -0.4 is 0 Å². The zero-order valence-corrected chi connectivity index (χ0v) is 16.4. The maximum Gasteiger partial charge on any atom is 0.191 e. The highest BCUT2D eigenvalue weighted by molar-refractivity contribution is 6.74. The SMILES string of the molecule is CC(C)(C)[Si](C)(C)OCC[C@H](O)[C@@H](O)CCCc1ccccc1. The fourth-order valence-electron chi connectivity index (χ4n) is 2.20. The van der Waals surface area contributed by atoms with Crippen LogP contribution in [0, 0.1) is 0 Å². The summed E-state index contributed by atoms with van der Waals surface area (Å²) in [6.45, 7) is 11.5. The van der Waals surface area contributed by atoms with E-state index in [1.54, 1.807) is 0 Å². The number of rotatable bonds is 9. The van der Waals surface area contributed by atoms with E-state index in [0.717, 1.165) is 12.8 Å². The van der Waals surface area contributed by atoms with E-state index in [2.05, 4.69) is 46.0 Å². The van der Waals surface area contributed by atoms with Gasteiger partial charge < -0.3 is 14.6 Å². The zero-order chi connectivity index (χ0) is 17.5. The smallest absolute Gasteiger partial charge is 0.191 e. The van der Waals surface area contributed by atoms with E-state index < -0.39 is 20.5 Å². The van der Waals surface area contributed by atoms with Crippen LogP contribution in [0.2, 0.25) is 18.1 Å². The average molecular weight is 339 g/mol. The Morgan fingerprint density at radius 1 is 1.00 bits per heavy atom. The number of aliphatic hydroxyl groups excluding tert-OH is 2. The third-order valence-electron chi connectivity index (χ3n) is 4.94. The molecule has 132 valence electrons. The molecule has 4 heteroatoms. The van der Waals surface area contributed by atoms with Crippen molar-refractivity contribution in [2.45, 2.75) is 76.8 Å². The quantitative estimate of drug-likeness (QED) is 0.665. The Balaban J connectivity index is 2.25. The van der Waals surface area contributed by atoms with Gasteiger partial charge in [-0.05, 0) is 49.4 Å². The molecule has 0 aliphatic heterocycles. The topological polar surface area (TPSA) is 49.7 Å². The highest BCUT2D eigenvalue weighted by Crippen LogP contribution is 2.36. The molecule has 1 rings (SSSR count). The lowest BCUT2D eigenvalue weighted by Crippen LogP contribution is -2.41. The molecule has 23 heavy (non-hydrogen) atoms. The molecule has 2 atom stereocenters. The lowest BCUT2D eigenvalue weighted by Gasteiger charge is -2.36. The van der Waals surface area contributed by atoms with Crippen LogP contribution in [-0.2, 0) is 10.8 Å². The molecule has 0 aliphatic carbocycles. The molecule has 1 aromatic carbocycles. The number of aryl methyl sites for hydroxylation is 1. The van der Waals surface area contributed by atoms with Gasteiger partial charge in [0.25, 0.3) is 0 Å². The Hall–Kier alpha value is -0.683. The van der Waals surface area contributed by atoms with Crippen molar-refractivity contribution in [2.75, 3.05) is 6.61 Å². The van der Waals surface area contributed by atoms with Crippen molar-refractivity contribution in [2.24, 2.45) is 0 Å². The Kier molecular flexibility index (Phi) is 7.94. The minimum atomic E-state index is -1.77. The minimum absolute atomic E-state index is 0.173. The third kappa shape index (κ3) is 7.17. The van der Waals surface area contributed by atoms with Gasteiger partial charge in [-0.1, -0.05) is 51.1 Å². The summed E-state index contributed by atoms with van der Waals surface area (Å²) in [7, 11) is -1.77. The average Bonchev–Trinajstić information content (AvgIpc) is 2.46. The molecule has 0 radical (unpaired) electrons. The van der Waals surface area contributed by atoms with Crippen molar-refractivity contribution < 1.29 is 14.6 Å². The maximum atomic E-state index is 10.1. The third-order valence-corrected chi connectivity index (χ3v) is 9.47. The summed E-state index contributed by atoms with van der Waals surface area (Å²) in [5.41, 5.74) is 1.27. The normalized spacial score (nSPS) is 15.4. The molecule has 3 nitrogen and oxygen atoms in total. The minimum Gasteiger partial charge on any atom is -0.417 e. The van der Waals surface area contributed by atoms with Gasteiger partial charge in [0.2, 0.25) is 0 Å². The molecule has 0 aliphatic rings. The van der Waals surface area contributed by atoms with Gasteiger partial charge in [-0.25, -0.2) is 0 Å². The molecule has 0 fully saturated rings. The molecule has 0 amide bonds. The van der Waals surface area contributed by atoms with Crippen molar-refractivity contribution >= 4 is 8.32 Å². The van der Waals surface area contributed by atoms with Gasteiger partial charge in [0.05, 0.1) is 12.2 Å². The van der Waals surface area contributed by atoms with Crippen LogP contribution in [0.3, 0.4) is 0 Å². The monoisotopic (exact) mass is 338 g/mol. The van der Waals surface area contributed by atoms with Crippen molar-refractivity contribution in [1.29, 1.82) is 0 Å².